The molecule has 0 fully saturated rings. The summed E-state index contributed by atoms with van der Waals surface area (Å²) in [5.74, 6) is -1.15. The van der Waals surface area contributed by atoms with Gasteiger partial charge in [-0.2, -0.15) is 0 Å². The molecule has 0 saturated heterocycles. The Hall–Kier alpha value is -2.72. The second-order valence-electron chi connectivity index (χ2n) is 5.30. The van der Waals surface area contributed by atoms with Gasteiger partial charge in [-0.1, -0.05) is 61.2 Å². The number of carbonyl (C=O) groups is 2. The molecule has 4 heteroatoms. The van der Waals surface area contributed by atoms with Gasteiger partial charge in [0.15, 0.2) is 5.78 Å². The molecule has 2 aromatic carbocycles. The lowest BCUT2D eigenvalue weighted by molar-refractivity contribution is -0.872. The predicted molar refractivity (Wildman–Crippen MR) is 88.0 cm³/mol. The highest BCUT2D eigenvalue weighted by Gasteiger charge is 2.08. The first-order chi connectivity index (χ1) is 10.9. The van der Waals surface area contributed by atoms with E-state index in [0.29, 0.717) is 0 Å². The molecule has 0 aromatic heterocycles. The van der Waals surface area contributed by atoms with E-state index in [4.69, 9.17) is 9.90 Å². The van der Waals surface area contributed by atoms with Gasteiger partial charge in [0.05, 0.1) is 20.1 Å². The minimum Gasteiger partial charge on any atom is -0.545 e. The highest BCUT2D eigenvalue weighted by molar-refractivity contribution is 6.08. The number of carboxylic acid groups (broad SMARTS) is 1. The number of rotatable bonds is 5. The summed E-state index contributed by atoms with van der Waals surface area (Å²) in [6, 6.07) is 17.3. The van der Waals surface area contributed by atoms with Crippen molar-refractivity contribution in [3.63, 3.8) is 0 Å². The van der Waals surface area contributed by atoms with Crippen LogP contribution >= 0.6 is 0 Å². The van der Waals surface area contributed by atoms with Crippen LogP contribution in [0.1, 0.15) is 21.5 Å². The first kappa shape index (κ1) is 18.3. The molecular weight excluding hydrogens is 290 g/mol. The molecule has 23 heavy (non-hydrogen) atoms. The first-order valence-corrected chi connectivity index (χ1v) is 7.25. The summed E-state index contributed by atoms with van der Waals surface area (Å²) in [5.41, 5.74) is 2.74. The summed E-state index contributed by atoms with van der Waals surface area (Å²) in [4.78, 5) is 22.7. The van der Waals surface area contributed by atoms with Gasteiger partial charge in [-0.05, 0) is 6.08 Å². The Morgan fingerprint density at radius 1 is 1.00 bits per heavy atom. The molecule has 0 saturated carbocycles. The number of carbonyl (C=O) groups excluding carboxylic acids is 2. The van der Waals surface area contributed by atoms with E-state index in [9.17, 15) is 4.79 Å². The number of nitrogens with one attached hydrogen (secondary N) is 1. The lowest BCUT2D eigenvalue weighted by Gasteiger charge is -2.07. The van der Waals surface area contributed by atoms with E-state index in [-0.39, 0.29) is 5.78 Å². The Bertz CT molecular complexity index is 646. The number of hydrogen-bond acceptors (Lipinski definition) is 3. The molecule has 2 rings (SSSR count). The molecule has 0 aliphatic carbocycles. The first-order valence-electron chi connectivity index (χ1n) is 7.25. The van der Waals surface area contributed by atoms with Gasteiger partial charge >= 0.3 is 0 Å². The van der Waals surface area contributed by atoms with E-state index in [1.54, 1.807) is 0 Å². The van der Waals surface area contributed by atoms with Gasteiger partial charge in [0.2, 0.25) is 0 Å². The number of hydrogen-bond donors (Lipinski definition) is 1. The zero-order chi connectivity index (χ0) is 17.2. The van der Waals surface area contributed by atoms with Crippen LogP contribution in [-0.2, 0) is 11.3 Å². The molecule has 0 radical (unpaired) electrons. The fraction of sp³-hybridized carbons (Fsp3) is 0.158. The zero-order valence-corrected chi connectivity index (χ0v) is 13.4. The summed E-state index contributed by atoms with van der Waals surface area (Å²) < 4.78 is 0. The number of benzene rings is 2. The van der Waals surface area contributed by atoms with E-state index in [2.05, 4.69) is 20.7 Å². The molecule has 2 aromatic rings. The summed E-state index contributed by atoms with van der Waals surface area (Å²) in [6.45, 7) is 3.87. The largest absolute Gasteiger partial charge is 0.545 e. The standard InChI is InChI=1S/C16H17NO.C3H4O2/c1-17(2)12-13-8-10-15(11-9-13)16(18)14-6-4-3-5-7-14;1-2-3(4)5/h3-11H,12H2,1-2H3;2H,1H2,(H,4,5). The summed E-state index contributed by atoms with van der Waals surface area (Å²) >= 11 is 0. The van der Waals surface area contributed by atoms with Crippen LogP contribution in [0.5, 0.6) is 0 Å². The fourth-order valence-electron chi connectivity index (χ4n) is 1.94. The maximum Gasteiger partial charge on any atom is 0.193 e. The van der Waals surface area contributed by atoms with Crippen molar-refractivity contribution in [2.75, 3.05) is 14.1 Å². The van der Waals surface area contributed by atoms with Crippen molar-refractivity contribution in [1.82, 2.24) is 0 Å². The van der Waals surface area contributed by atoms with Crippen LogP contribution in [0, 0.1) is 0 Å². The quantitative estimate of drug-likeness (QED) is 0.645. The third-order valence-electron chi connectivity index (χ3n) is 2.98. The molecule has 0 spiro atoms. The highest BCUT2D eigenvalue weighted by Crippen LogP contribution is 2.10. The van der Waals surface area contributed by atoms with Gasteiger partial charge in [-0.3, -0.25) is 4.79 Å². The van der Waals surface area contributed by atoms with Crippen LogP contribution in [0.2, 0.25) is 0 Å². The average Bonchev–Trinajstić information content (AvgIpc) is 2.55. The monoisotopic (exact) mass is 311 g/mol. The number of ketones is 1. The molecule has 0 bridgehead atoms. The van der Waals surface area contributed by atoms with Gasteiger partial charge < -0.3 is 14.8 Å². The van der Waals surface area contributed by atoms with Crippen molar-refractivity contribution in [2.45, 2.75) is 6.54 Å². The summed E-state index contributed by atoms with van der Waals surface area (Å²) in [6.07, 6.45) is 0.722. The number of carboxylic acids is 1. The molecule has 0 aliphatic heterocycles. The van der Waals surface area contributed by atoms with Crippen molar-refractivity contribution in [3.8, 4) is 0 Å². The summed E-state index contributed by atoms with van der Waals surface area (Å²) in [7, 11) is 4.23. The third kappa shape index (κ3) is 6.72. The third-order valence-corrected chi connectivity index (χ3v) is 2.98. The second-order valence-corrected chi connectivity index (χ2v) is 5.30. The number of aliphatic carboxylic acids is 1. The molecule has 1 N–H and O–H groups in total. The van der Waals surface area contributed by atoms with E-state index in [1.165, 1.54) is 10.5 Å². The van der Waals surface area contributed by atoms with Crippen molar-refractivity contribution < 1.29 is 19.6 Å². The molecular formula is C19H21NO3. The lowest BCUT2D eigenvalue weighted by atomic mass is 10.0. The van der Waals surface area contributed by atoms with Crippen LogP contribution in [0.3, 0.4) is 0 Å². The maximum atomic E-state index is 12.2. The van der Waals surface area contributed by atoms with Crippen molar-refractivity contribution >= 4 is 11.8 Å². The Labute approximate surface area is 136 Å². The predicted octanol–water partition coefficient (Wildman–Crippen LogP) is 0.484. The average molecular weight is 311 g/mol. The Kier molecular flexibility index (Phi) is 7.43. The van der Waals surface area contributed by atoms with Gasteiger partial charge in [-0.15, -0.1) is 0 Å². The maximum absolute atomic E-state index is 12.2. The van der Waals surface area contributed by atoms with Crippen LogP contribution in [-0.4, -0.2) is 25.8 Å². The Balaban J connectivity index is 0.000000463. The molecule has 4 nitrogen and oxygen atoms in total. The number of quaternary nitrogens is 1. The van der Waals surface area contributed by atoms with Crippen molar-refractivity contribution in [3.05, 3.63) is 83.9 Å². The van der Waals surface area contributed by atoms with Gasteiger partial charge in [0.25, 0.3) is 0 Å². The van der Waals surface area contributed by atoms with Gasteiger partial charge in [-0.25, -0.2) is 0 Å². The minimum absolute atomic E-state index is 0.0827. The summed E-state index contributed by atoms with van der Waals surface area (Å²) in [5, 5.41) is 9.14. The second kappa shape index (κ2) is 9.33. The topological polar surface area (TPSA) is 61.6 Å². The van der Waals surface area contributed by atoms with E-state index >= 15 is 0 Å². The molecule has 0 unspecified atom stereocenters. The molecule has 0 aliphatic rings. The van der Waals surface area contributed by atoms with Crippen LogP contribution in [0.15, 0.2) is 67.3 Å². The van der Waals surface area contributed by atoms with Crippen LogP contribution in [0.25, 0.3) is 0 Å². The lowest BCUT2D eigenvalue weighted by Crippen LogP contribution is -3.04. The minimum atomic E-state index is -1.23. The zero-order valence-electron chi connectivity index (χ0n) is 13.4. The van der Waals surface area contributed by atoms with Crippen molar-refractivity contribution in [2.24, 2.45) is 0 Å². The van der Waals surface area contributed by atoms with Gasteiger partial charge in [0.1, 0.15) is 6.54 Å². The normalized spacial score (nSPS) is 9.70. The van der Waals surface area contributed by atoms with Gasteiger partial charge in [0, 0.05) is 16.7 Å². The Morgan fingerprint density at radius 2 is 1.48 bits per heavy atom. The van der Waals surface area contributed by atoms with Crippen LogP contribution in [0.4, 0.5) is 0 Å². The molecule has 120 valence electrons. The van der Waals surface area contributed by atoms with E-state index < -0.39 is 5.97 Å². The smallest absolute Gasteiger partial charge is 0.193 e. The van der Waals surface area contributed by atoms with Crippen LogP contribution < -0.4 is 10.0 Å². The highest BCUT2D eigenvalue weighted by atomic mass is 16.4. The molecule has 0 atom stereocenters. The van der Waals surface area contributed by atoms with E-state index in [1.807, 2.05) is 54.6 Å². The molecule has 0 amide bonds. The Morgan fingerprint density at radius 3 is 1.91 bits per heavy atom. The SMILES string of the molecule is C=CC(=O)[O-].C[NH+](C)Cc1ccc(C(=O)c2ccccc2)cc1. The fourth-order valence-corrected chi connectivity index (χ4v) is 1.94. The molecule has 0 heterocycles. The van der Waals surface area contributed by atoms with Crippen molar-refractivity contribution in [1.29, 1.82) is 0 Å². The van der Waals surface area contributed by atoms with E-state index in [0.717, 1.165) is 23.7 Å².